The fraction of sp³-hybridized carbons (Fsp3) is 0.667. The minimum atomic E-state index is 0.439. The van der Waals surface area contributed by atoms with Crippen molar-refractivity contribution in [2.24, 2.45) is 5.73 Å². The van der Waals surface area contributed by atoms with Gasteiger partial charge in [0.25, 0.3) is 0 Å². The van der Waals surface area contributed by atoms with Gasteiger partial charge in [0.15, 0.2) is 0 Å². The van der Waals surface area contributed by atoms with E-state index in [0.717, 1.165) is 6.54 Å². The summed E-state index contributed by atoms with van der Waals surface area (Å²) in [5.41, 5.74) is 10.4. The van der Waals surface area contributed by atoms with E-state index < -0.39 is 0 Å². The highest BCUT2D eigenvalue weighted by molar-refractivity contribution is 5.56. The maximum Gasteiger partial charge on any atom is 0.0396 e. The van der Waals surface area contributed by atoms with Crippen molar-refractivity contribution in [3.8, 4) is 0 Å². The maximum absolute atomic E-state index is 6.02. The number of hydrogen-bond donors (Lipinski definition) is 1. The van der Waals surface area contributed by atoms with Gasteiger partial charge in [-0.2, -0.15) is 0 Å². The molecule has 0 unspecified atom stereocenters. The van der Waals surface area contributed by atoms with Crippen molar-refractivity contribution in [3.05, 3.63) is 29.3 Å². The van der Waals surface area contributed by atoms with Crippen LogP contribution < -0.4 is 10.6 Å². The van der Waals surface area contributed by atoms with E-state index in [1.807, 2.05) is 0 Å². The van der Waals surface area contributed by atoms with Crippen LogP contribution >= 0.6 is 0 Å². The number of benzene rings is 1. The number of anilines is 1. The van der Waals surface area contributed by atoms with Crippen molar-refractivity contribution in [3.63, 3.8) is 0 Å². The van der Waals surface area contributed by atoms with Crippen LogP contribution in [0.2, 0.25) is 0 Å². The molecule has 1 aliphatic carbocycles. The summed E-state index contributed by atoms with van der Waals surface area (Å²) in [6, 6.07) is 8.20. The molecule has 1 aromatic carbocycles. The van der Waals surface area contributed by atoms with Crippen LogP contribution in [0, 0.1) is 0 Å². The van der Waals surface area contributed by atoms with Gasteiger partial charge in [0, 0.05) is 37.9 Å². The van der Waals surface area contributed by atoms with E-state index in [-0.39, 0.29) is 0 Å². The Balaban J connectivity index is 1.65. The first-order valence-electron chi connectivity index (χ1n) is 8.42. The predicted molar refractivity (Wildman–Crippen MR) is 89.7 cm³/mol. The molecule has 1 aromatic rings. The molecule has 1 heterocycles. The fourth-order valence-corrected chi connectivity index (χ4v) is 3.90. The zero-order chi connectivity index (χ0) is 14.8. The summed E-state index contributed by atoms with van der Waals surface area (Å²) in [5, 5.41) is 0. The molecule has 21 heavy (non-hydrogen) atoms. The molecule has 0 saturated heterocycles. The third kappa shape index (κ3) is 3.41. The van der Waals surface area contributed by atoms with Gasteiger partial charge >= 0.3 is 0 Å². The minimum absolute atomic E-state index is 0.439. The SMILES string of the molecule is CN1CCCc2cc(CN(C)C3CCC(N)CC3)ccc21. The van der Waals surface area contributed by atoms with Crippen LogP contribution in [-0.4, -0.2) is 37.6 Å². The summed E-state index contributed by atoms with van der Waals surface area (Å²) in [6.07, 6.45) is 7.39. The van der Waals surface area contributed by atoms with Crippen LogP contribution in [0.15, 0.2) is 18.2 Å². The summed E-state index contributed by atoms with van der Waals surface area (Å²) in [5.74, 6) is 0. The number of rotatable bonds is 3. The van der Waals surface area contributed by atoms with E-state index in [1.165, 1.54) is 61.9 Å². The van der Waals surface area contributed by atoms with Crippen LogP contribution in [-0.2, 0) is 13.0 Å². The average molecular weight is 287 g/mol. The van der Waals surface area contributed by atoms with Gasteiger partial charge < -0.3 is 10.6 Å². The molecule has 3 nitrogen and oxygen atoms in total. The molecule has 0 atom stereocenters. The van der Waals surface area contributed by atoms with Gasteiger partial charge in [-0.3, -0.25) is 4.90 Å². The third-order valence-electron chi connectivity index (χ3n) is 5.29. The largest absolute Gasteiger partial charge is 0.374 e. The fourth-order valence-electron chi connectivity index (χ4n) is 3.90. The second-order valence-electron chi connectivity index (χ2n) is 6.97. The van der Waals surface area contributed by atoms with E-state index in [2.05, 4.69) is 42.1 Å². The van der Waals surface area contributed by atoms with Crippen molar-refractivity contribution in [1.82, 2.24) is 4.90 Å². The average Bonchev–Trinajstić information content (AvgIpc) is 2.48. The molecule has 1 saturated carbocycles. The third-order valence-corrected chi connectivity index (χ3v) is 5.29. The molecule has 1 aliphatic heterocycles. The highest BCUT2D eigenvalue weighted by Gasteiger charge is 2.22. The summed E-state index contributed by atoms with van der Waals surface area (Å²) >= 11 is 0. The number of hydrogen-bond acceptors (Lipinski definition) is 3. The standard InChI is InChI=1S/C18H29N3/c1-20-11-3-4-15-12-14(5-10-18(15)20)13-21(2)17-8-6-16(19)7-9-17/h5,10,12,16-17H,3-4,6-9,11,13,19H2,1-2H3. The molecule has 0 spiro atoms. The Bertz CT molecular complexity index is 477. The van der Waals surface area contributed by atoms with E-state index in [4.69, 9.17) is 5.73 Å². The van der Waals surface area contributed by atoms with E-state index >= 15 is 0 Å². The molecule has 1 fully saturated rings. The molecule has 116 valence electrons. The smallest absolute Gasteiger partial charge is 0.0396 e. The van der Waals surface area contributed by atoms with Gasteiger partial charge in [0.05, 0.1) is 0 Å². The Kier molecular flexibility index (Phi) is 4.51. The van der Waals surface area contributed by atoms with Gasteiger partial charge in [-0.25, -0.2) is 0 Å². The number of aryl methyl sites for hydroxylation is 1. The van der Waals surface area contributed by atoms with Crippen molar-refractivity contribution in [2.45, 2.75) is 57.2 Å². The molecule has 0 aromatic heterocycles. The monoisotopic (exact) mass is 287 g/mol. The minimum Gasteiger partial charge on any atom is -0.374 e. The van der Waals surface area contributed by atoms with Crippen molar-refractivity contribution < 1.29 is 0 Å². The van der Waals surface area contributed by atoms with Crippen LogP contribution in [0.1, 0.15) is 43.2 Å². The Morgan fingerprint density at radius 3 is 2.76 bits per heavy atom. The van der Waals surface area contributed by atoms with E-state index in [9.17, 15) is 0 Å². The Hall–Kier alpha value is -1.06. The topological polar surface area (TPSA) is 32.5 Å². The van der Waals surface area contributed by atoms with Gasteiger partial charge in [-0.1, -0.05) is 12.1 Å². The van der Waals surface area contributed by atoms with Crippen LogP contribution in [0.5, 0.6) is 0 Å². The second-order valence-corrected chi connectivity index (χ2v) is 6.97. The van der Waals surface area contributed by atoms with Crippen LogP contribution in [0.3, 0.4) is 0 Å². The summed E-state index contributed by atoms with van der Waals surface area (Å²) < 4.78 is 0. The van der Waals surface area contributed by atoms with Gasteiger partial charge in [0.2, 0.25) is 0 Å². The highest BCUT2D eigenvalue weighted by atomic mass is 15.1. The maximum atomic E-state index is 6.02. The lowest BCUT2D eigenvalue weighted by Gasteiger charge is -2.34. The summed E-state index contributed by atoms with van der Waals surface area (Å²) in [4.78, 5) is 4.91. The van der Waals surface area contributed by atoms with Gasteiger partial charge in [-0.15, -0.1) is 0 Å². The predicted octanol–water partition coefficient (Wildman–Crippen LogP) is 2.77. The van der Waals surface area contributed by atoms with Crippen LogP contribution in [0.4, 0.5) is 5.69 Å². The molecule has 3 rings (SSSR count). The molecule has 0 amide bonds. The lowest BCUT2D eigenvalue weighted by molar-refractivity contribution is 0.176. The summed E-state index contributed by atoms with van der Waals surface area (Å²) in [7, 11) is 4.47. The van der Waals surface area contributed by atoms with E-state index in [1.54, 1.807) is 0 Å². The first-order valence-corrected chi connectivity index (χ1v) is 8.42. The van der Waals surface area contributed by atoms with Crippen molar-refractivity contribution in [1.29, 1.82) is 0 Å². The van der Waals surface area contributed by atoms with E-state index in [0.29, 0.717) is 12.1 Å². The molecular formula is C18H29N3. The number of fused-ring (bicyclic) bond motifs is 1. The quantitative estimate of drug-likeness (QED) is 0.928. The Morgan fingerprint density at radius 2 is 2.00 bits per heavy atom. The summed E-state index contributed by atoms with van der Waals surface area (Å²) in [6.45, 7) is 2.26. The lowest BCUT2D eigenvalue weighted by atomic mass is 9.90. The Labute approximate surface area is 129 Å². The second kappa shape index (κ2) is 6.37. The molecule has 0 radical (unpaired) electrons. The number of nitrogens with zero attached hydrogens (tertiary/aromatic N) is 2. The molecular weight excluding hydrogens is 258 g/mol. The molecule has 2 N–H and O–H groups in total. The zero-order valence-corrected chi connectivity index (χ0v) is 13.5. The lowest BCUT2D eigenvalue weighted by Crippen LogP contribution is -2.38. The molecule has 0 bridgehead atoms. The van der Waals surface area contributed by atoms with Gasteiger partial charge in [0.1, 0.15) is 0 Å². The van der Waals surface area contributed by atoms with Crippen molar-refractivity contribution in [2.75, 3.05) is 25.5 Å². The van der Waals surface area contributed by atoms with Crippen LogP contribution in [0.25, 0.3) is 0 Å². The Morgan fingerprint density at radius 1 is 1.24 bits per heavy atom. The highest BCUT2D eigenvalue weighted by Crippen LogP contribution is 2.28. The first-order chi connectivity index (χ1) is 10.1. The molecule has 3 heteroatoms. The zero-order valence-electron chi connectivity index (χ0n) is 13.5. The first kappa shape index (κ1) is 14.9. The normalized spacial score (nSPS) is 26.0. The molecule has 2 aliphatic rings. The van der Waals surface area contributed by atoms with Gasteiger partial charge in [-0.05, 0) is 62.8 Å². The number of nitrogens with two attached hydrogens (primary N) is 1. The van der Waals surface area contributed by atoms with Crippen molar-refractivity contribution >= 4 is 5.69 Å².